The van der Waals surface area contributed by atoms with E-state index in [2.05, 4.69) is 9.88 Å². The van der Waals surface area contributed by atoms with Gasteiger partial charge in [0, 0.05) is 45.0 Å². The molecule has 1 saturated heterocycles. The lowest BCUT2D eigenvalue weighted by Gasteiger charge is -2.34. The van der Waals surface area contributed by atoms with E-state index in [9.17, 15) is 13.2 Å². The fourth-order valence-electron chi connectivity index (χ4n) is 2.84. The first-order chi connectivity index (χ1) is 11.5. The third-order valence-electron chi connectivity index (χ3n) is 4.17. The van der Waals surface area contributed by atoms with E-state index in [0.717, 1.165) is 11.1 Å². The van der Waals surface area contributed by atoms with Gasteiger partial charge < -0.3 is 4.98 Å². The van der Waals surface area contributed by atoms with Crippen LogP contribution in [0.25, 0.3) is 0 Å². The van der Waals surface area contributed by atoms with Gasteiger partial charge in [-0.25, -0.2) is 8.42 Å². The summed E-state index contributed by atoms with van der Waals surface area (Å²) in [6.07, 6.45) is 1.71. The van der Waals surface area contributed by atoms with E-state index < -0.39 is 10.0 Å². The summed E-state index contributed by atoms with van der Waals surface area (Å²) in [5.74, 6) is 0.0494. The summed E-state index contributed by atoms with van der Waals surface area (Å²) in [7, 11) is -3.28. The highest BCUT2D eigenvalue weighted by atomic mass is 32.2. The molecule has 2 aromatic rings. The standard InChI is InChI=1S/C17H21N3O3S/c21-17-7-6-16(12-18-17)13-19-8-10-20(11-9-19)24(22,23)14-15-4-2-1-3-5-15/h1-7,12H,8-11,13-14H2,(H,18,21). The summed E-state index contributed by atoms with van der Waals surface area (Å²) in [6.45, 7) is 3.08. The first-order valence-electron chi connectivity index (χ1n) is 7.95. The molecular weight excluding hydrogens is 326 g/mol. The number of pyridine rings is 1. The van der Waals surface area contributed by atoms with E-state index in [1.807, 2.05) is 30.3 Å². The number of benzene rings is 1. The number of aromatic amines is 1. The summed E-state index contributed by atoms with van der Waals surface area (Å²) < 4.78 is 26.6. The molecular formula is C17H21N3O3S. The highest BCUT2D eigenvalue weighted by molar-refractivity contribution is 7.88. The quantitative estimate of drug-likeness (QED) is 0.876. The van der Waals surface area contributed by atoms with Crippen molar-refractivity contribution >= 4 is 10.0 Å². The summed E-state index contributed by atoms with van der Waals surface area (Å²) in [4.78, 5) is 15.9. The van der Waals surface area contributed by atoms with Gasteiger partial charge in [0.05, 0.1) is 5.75 Å². The molecule has 0 atom stereocenters. The second-order valence-electron chi connectivity index (χ2n) is 5.98. The third-order valence-corrected chi connectivity index (χ3v) is 6.02. The average molecular weight is 347 g/mol. The van der Waals surface area contributed by atoms with Crippen LogP contribution >= 0.6 is 0 Å². The molecule has 0 aliphatic carbocycles. The van der Waals surface area contributed by atoms with Gasteiger partial charge in [0.25, 0.3) is 0 Å². The normalized spacial score (nSPS) is 17.0. The third kappa shape index (κ3) is 4.31. The van der Waals surface area contributed by atoms with Crippen LogP contribution < -0.4 is 5.56 Å². The Morgan fingerprint density at radius 1 is 0.917 bits per heavy atom. The van der Waals surface area contributed by atoms with Crippen LogP contribution in [0.4, 0.5) is 0 Å². The number of hydrogen-bond donors (Lipinski definition) is 1. The largest absolute Gasteiger partial charge is 0.329 e. The van der Waals surface area contributed by atoms with Crippen LogP contribution in [-0.2, 0) is 22.3 Å². The van der Waals surface area contributed by atoms with Crippen LogP contribution in [0.5, 0.6) is 0 Å². The molecule has 0 saturated carbocycles. The number of hydrogen-bond acceptors (Lipinski definition) is 4. The zero-order valence-electron chi connectivity index (χ0n) is 13.4. The van der Waals surface area contributed by atoms with Crippen molar-refractivity contribution in [1.82, 2.24) is 14.2 Å². The smallest absolute Gasteiger partial charge is 0.247 e. The molecule has 1 fully saturated rings. The van der Waals surface area contributed by atoms with Crippen molar-refractivity contribution in [2.75, 3.05) is 26.2 Å². The lowest BCUT2D eigenvalue weighted by molar-refractivity contribution is 0.181. The minimum atomic E-state index is -3.28. The van der Waals surface area contributed by atoms with Crippen LogP contribution in [0.15, 0.2) is 53.5 Å². The predicted molar refractivity (Wildman–Crippen MR) is 93.0 cm³/mol. The highest BCUT2D eigenvalue weighted by Crippen LogP contribution is 2.14. The second kappa shape index (κ2) is 7.29. The number of nitrogens with one attached hydrogen (secondary N) is 1. The molecule has 1 aliphatic heterocycles. The summed E-state index contributed by atoms with van der Waals surface area (Å²) in [6, 6.07) is 12.6. The van der Waals surface area contributed by atoms with Gasteiger partial charge in [-0.05, 0) is 11.1 Å². The number of rotatable bonds is 5. The van der Waals surface area contributed by atoms with E-state index in [4.69, 9.17) is 0 Å². The van der Waals surface area contributed by atoms with E-state index >= 15 is 0 Å². The Bertz CT molecular complexity index is 805. The molecule has 2 heterocycles. The molecule has 0 amide bonds. The summed E-state index contributed by atoms with van der Waals surface area (Å²) >= 11 is 0. The van der Waals surface area contributed by atoms with Crippen molar-refractivity contribution < 1.29 is 8.42 Å². The minimum absolute atomic E-state index is 0.0494. The molecule has 128 valence electrons. The number of H-pyrrole nitrogens is 1. The maximum atomic E-state index is 12.5. The van der Waals surface area contributed by atoms with E-state index in [1.54, 1.807) is 16.6 Å². The molecule has 6 nitrogen and oxygen atoms in total. The van der Waals surface area contributed by atoms with Gasteiger partial charge in [0.15, 0.2) is 0 Å². The molecule has 1 N–H and O–H groups in total. The number of sulfonamides is 1. The Labute approximate surface area is 141 Å². The molecule has 0 radical (unpaired) electrons. The molecule has 1 aromatic heterocycles. The van der Waals surface area contributed by atoms with Gasteiger partial charge in [-0.15, -0.1) is 0 Å². The molecule has 1 aromatic carbocycles. The Morgan fingerprint density at radius 2 is 1.62 bits per heavy atom. The SMILES string of the molecule is O=c1ccc(CN2CCN(S(=O)(=O)Cc3ccccc3)CC2)c[nH]1. The van der Waals surface area contributed by atoms with Crippen molar-refractivity contribution in [3.63, 3.8) is 0 Å². The zero-order chi connectivity index (χ0) is 17.0. The molecule has 3 rings (SSSR count). The fourth-order valence-corrected chi connectivity index (χ4v) is 4.36. The van der Waals surface area contributed by atoms with Gasteiger partial charge in [-0.1, -0.05) is 36.4 Å². The lowest BCUT2D eigenvalue weighted by atomic mass is 10.2. The Morgan fingerprint density at radius 3 is 2.25 bits per heavy atom. The van der Waals surface area contributed by atoms with Crippen molar-refractivity contribution in [2.45, 2.75) is 12.3 Å². The van der Waals surface area contributed by atoms with Gasteiger partial charge in [0.1, 0.15) is 0 Å². The van der Waals surface area contributed by atoms with Crippen LogP contribution in [0, 0.1) is 0 Å². The Hall–Kier alpha value is -1.96. The number of aromatic nitrogens is 1. The monoisotopic (exact) mass is 347 g/mol. The maximum Gasteiger partial charge on any atom is 0.247 e. The van der Waals surface area contributed by atoms with Crippen LogP contribution in [0.1, 0.15) is 11.1 Å². The summed E-state index contributed by atoms with van der Waals surface area (Å²) in [5, 5.41) is 0. The molecule has 0 unspecified atom stereocenters. The Kier molecular flexibility index (Phi) is 5.13. The van der Waals surface area contributed by atoms with E-state index in [-0.39, 0.29) is 11.3 Å². The highest BCUT2D eigenvalue weighted by Gasteiger charge is 2.26. The van der Waals surface area contributed by atoms with Gasteiger partial charge in [-0.2, -0.15) is 4.31 Å². The van der Waals surface area contributed by atoms with Crippen molar-refractivity contribution in [3.8, 4) is 0 Å². The summed E-state index contributed by atoms with van der Waals surface area (Å²) in [5.41, 5.74) is 1.72. The Balaban J connectivity index is 1.56. The maximum absolute atomic E-state index is 12.5. The zero-order valence-corrected chi connectivity index (χ0v) is 14.2. The first-order valence-corrected chi connectivity index (χ1v) is 9.55. The minimum Gasteiger partial charge on any atom is -0.329 e. The van der Waals surface area contributed by atoms with Crippen molar-refractivity contribution in [1.29, 1.82) is 0 Å². The van der Waals surface area contributed by atoms with Crippen LogP contribution in [0.2, 0.25) is 0 Å². The van der Waals surface area contributed by atoms with Gasteiger partial charge >= 0.3 is 0 Å². The molecule has 0 bridgehead atoms. The first kappa shape index (κ1) is 16.9. The van der Waals surface area contributed by atoms with Crippen LogP contribution in [0.3, 0.4) is 0 Å². The fraction of sp³-hybridized carbons (Fsp3) is 0.353. The van der Waals surface area contributed by atoms with Gasteiger partial charge in [0.2, 0.25) is 15.6 Å². The molecule has 1 aliphatic rings. The van der Waals surface area contributed by atoms with Crippen molar-refractivity contribution in [3.05, 3.63) is 70.1 Å². The predicted octanol–water partition coefficient (Wildman–Crippen LogP) is 1.02. The topological polar surface area (TPSA) is 73.5 Å². The average Bonchev–Trinajstić information content (AvgIpc) is 2.58. The lowest BCUT2D eigenvalue weighted by Crippen LogP contribution is -2.48. The van der Waals surface area contributed by atoms with Crippen molar-refractivity contribution in [2.24, 2.45) is 0 Å². The van der Waals surface area contributed by atoms with Gasteiger partial charge in [-0.3, -0.25) is 9.69 Å². The van der Waals surface area contributed by atoms with Crippen LogP contribution in [-0.4, -0.2) is 48.8 Å². The van der Waals surface area contributed by atoms with E-state index in [0.29, 0.717) is 32.7 Å². The molecule has 0 spiro atoms. The van der Waals surface area contributed by atoms with E-state index in [1.165, 1.54) is 6.07 Å². The molecule has 24 heavy (non-hydrogen) atoms. The second-order valence-corrected chi connectivity index (χ2v) is 7.95. The molecule has 7 heteroatoms. The number of piperazine rings is 1. The number of nitrogens with zero attached hydrogens (tertiary/aromatic N) is 2.